The zero-order valence-corrected chi connectivity index (χ0v) is 18.3. The van der Waals surface area contributed by atoms with Crippen LogP contribution in [-0.4, -0.2) is 24.6 Å². The molecule has 7 heteroatoms. The number of carbonyl (C=O) groups excluding carboxylic acids is 1. The molecule has 1 aliphatic rings. The number of likely N-dealkylation sites (N-methyl/N-ethyl adjacent to an activating group) is 1. The molecule has 1 amide bonds. The summed E-state index contributed by atoms with van der Waals surface area (Å²) in [6.07, 6.45) is 4.77. The molecule has 6 nitrogen and oxygen atoms in total. The van der Waals surface area contributed by atoms with E-state index in [9.17, 15) is 9.18 Å². The van der Waals surface area contributed by atoms with Gasteiger partial charge in [0.15, 0.2) is 5.96 Å². The summed E-state index contributed by atoms with van der Waals surface area (Å²) in [5, 5.41) is 7.45. The molecule has 0 unspecified atom stereocenters. The molecule has 0 fully saturated rings. The first-order valence-electron chi connectivity index (χ1n) is 9.82. The molecule has 0 aromatic heterocycles. The fraction of sp³-hybridized carbons (Fsp3) is 0.208. The lowest BCUT2D eigenvalue weighted by atomic mass is 10.00. The van der Waals surface area contributed by atoms with Crippen molar-refractivity contribution in [1.29, 1.82) is 0 Å². The van der Waals surface area contributed by atoms with Crippen molar-refractivity contribution in [2.24, 2.45) is 15.7 Å². The van der Waals surface area contributed by atoms with Crippen LogP contribution in [0.15, 0.2) is 75.3 Å². The average Bonchev–Trinajstić information content (AvgIpc) is 2.71. The Bertz CT molecular complexity index is 1160. The number of benzene rings is 1. The number of aliphatic imine (C=N–C) groups is 2. The molecule has 0 radical (unpaired) electrons. The summed E-state index contributed by atoms with van der Waals surface area (Å²) in [4.78, 5) is 20.4. The second-order valence-corrected chi connectivity index (χ2v) is 7.05. The van der Waals surface area contributed by atoms with Crippen LogP contribution in [0.25, 0.3) is 12.2 Å². The summed E-state index contributed by atoms with van der Waals surface area (Å²) in [6, 6.07) is 5.55. The van der Waals surface area contributed by atoms with Crippen LogP contribution in [0.2, 0.25) is 0 Å². The van der Waals surface area contributed by atoms with Gasteiger partial charge in [0.25, 0.3) is 5.91 Å². The third-order valence-electron chi connectivity index (χ3n) is 4.66. The summed E-state index contributed by atoms with van der Waals surface area (Å²) in [5.41, 5.74) is 9.64. The van der Waals surface area contributed by atoms with E-state index >= 15 is 0 Å². The number of allylic oxidation sites excluding steroid dienone is 5. The number of nitrogens with two attached hydrogens (primary N) is 1. The number of rotatable bonds is 6. The zero-order valence-electron chi connectivity index (χ0n) is 18.3. The number of dihydropyridines is 1. The van der Waals surface area contributed by atoms with E-state index in [4.69, 9.17) is 5.73 Å². The number of nitrogens with one attached hydrogen (secondary N) is 2. The predicted octanol–water partition coefficient (Wildman–Crippen LogP) is 2.61. The van der Waals surface area contributed by atoms with Gasteiger partial charge in [-0.3, -0.25) is 4.79 Å². The van der Waals surface area contributed by atoms with E-state index in [2.05, 4.69) is 33.8 Å². The highest BCUT2D eigenvalue weighted by molar-refractivity contribution is 6.20. The lowest BCUT2D eigenvalue weighted by molar-refractivity contribution is -0.114. The van der Waals surface area contributed by atoms with Crippen molar-refractivity contribution in [3.05, 3.63) is 75.7 Å². The second-order valence-electron chi connectivity index (χ2n) is 7.05. The van der Waals surface area contributed by atoms with Gasteiger partial charge in [-0.2, -0.15) is 0 Å². The van der Waals surface area contributed by atoms with Crippen LogP contribution in [0.4, 0.5) is 10.1 Å². The van der Waals surface area contributed by atoms with E-state index in [1.165, 1.54) is 6.92 Å². The maximum absolute atomic E-state index is 13.1. The third-order valence-corrected chi connectivity index (χ3v) is 4.66. The molecule has 1 aromatic carbocycles. The molecule has 0 aliphatic carbocycles. The molecule has 1 heterocycles. The van der Waals surface area contributed by atoms with Crippen molar-refractivity contribution >= 4 is 35.9 Å². The topological polar surface area (TPSA) is 91.9 Å². The minimum atomic E-state index is -0.289. The Hall–Kier alpha value is -3.74. The summed E-state index contributed by atoms with van der Waals surface area (Å²) >= 11 is 0. The zero-order chi connectivity index (χ0) is 23.1. The van der Waals surface area contributed by atoms with Gasteiger partial charge in [0, 0.05) is 24.0 Å². The van der Waals surface area contributed by atoms with E-state index in [-0.39, 0.29) is 17.7 Å². The predicted molar refractivity (Wildman–Crippen MR) is 127 cm³/mol. The molecule has 0 saturated carbocycles. The standard InChI is InChI=1S/C24H28FN5O/c1-7-27-22-17(5)20(13-28-23(22)31)19-11-9-15(3)21(12-19)30-24(26)29-16(4)10-8-14(2)18(6)25/h8-13,27H,3-4,7H2,1-2,5-6H3,(H3,26,29,30)/b10-8-,18-14+,20-19+. The molecular formula is C24H28FN5O. The molecule has 0 spiro atoms. The van der Waals surface area contributed by atoms with Crippen molar-refractivity contribution < 1.29 is 9.18 Å². The SMILES string of the molecule is C=C(/C=C\C(C)=C(/C)F)NC(N)=Nc1c/c(=C2\C=NC(=O)C(NCC)=C2C)ccc1=C. The van der Waals surface area contributed by atoms with Gasteiger partial charge in [0.05, 0.1) is 11.5 Å². The fourth-order valence-electron chi connectivity index (χ4n) is 2.80. The Morgan fingerprint density at radius 3 is 2.68 bits per heavy atom. The lowest BCUT2D eigenvalue weighted by Crippen LogP contribution is -2.30. The first kappa shape index (κ1) is 23.5. The maximum Gasteiger partial charge on any atom is 0.293 e. The quantitative estimate of drug-likeness (QED) is 0.374. The molecule has 0 bridgehead atoms. The average molecular weight is 422 g/mol. The van der Waals surface area contributed by atoms with E-state index in [0.29, 0.717) is 34.4 Å². The summed E-state index contributed by atoms with van der Waals surface area (Å²) in [7, 11) is 0. The highest BCUT2D eigenvalue weighted by atomic mass is 19.1. The Morgan fingerprint density at radius 1 is 1.32 bits per heavy atom. The molecule has 0 atom stereocenters. The molecule has 1 aromatic rings. The first-order valence-corrected chi connectivity index (χ1v) is 9.82. The van der Waals surface area contributed by atoms with Gasteiger partial charge >= 0.3 is 0 Å². The molecule has 1 aliphatic heterocycles. The number of amides is 1. The highest BCUT2D eigenvalue weighted by Gasteiger charge is 2.18. The highest BCUT2D eigenvalue weighted by Crippen LogP contribution is 2.17. The number of nitrogens with zero attached hydrogens (tertiary/aromatic N) is 2. The second kappa shape index (κ2) is 10.3. The molecule has 2 rings (SSSR count). The van der Waals surface area contributed by atoms with Crippen LogP contribution in [-0.2, 0) is 4.79 Å². The minimum absolute atomic E-state index is 0.119. The van der Waals surface area contributed by atoms with Crippen molar-refractivity contribution in [3.8, 4) is 0 Å². The Morgan fingerprint density at radius 2 is 2.03 bits per heavy atom. The van der Waals surface area contributed by atoms with E-state index in [1.807, 2.05) is 32.0 Å². The minimum Gasteiger partial charge on any atom is -0.381 e. The summed E-state index contributed by atoms with van der Waals surface area (Å²) in [6.45, 7) is 15.3. The largest absolute Gasteiger partial charge is 0.381 e. The van der Waals surface area contributed by atoms with E-state index in [0.717, 1.165) is 16.4 Å². The maximum atomic E-state index is 13.1. The number of hydrogen-bond donors (Lipinski definition) is 3. The van der Waals surface area contributed by atoms with Gasteiger partial charge in [-0.25, -0.2) is 14.4 Å². The van der Waals surface area contributed by atoms with Gasteiger partial charge in [-0.15, -0.1) is 0 Å². The number of halogens is 1. The van der Waals surface area contributed by atoms with Crippen LogP contribution < -0.4 is 26.8 Å². The third kappa shape index (κ3) is 6.12. The lowest BCUT2D eigenvalue weighted by Gasteiger charge is -2.15. The number of carbonyl (C=O) groups is 1. The number of guanidine groups is 1. The Kier molecular flexibility index (Phi) is 7.85. The molecule has 0 saturated heterocycles. The summed E-state index contributed by atoms with van der Waals surface area (Å²) < 4.78 is 13.1. The Labute approximate surface area is 181 Å². The normalized spacial score (nSPS) is 17.2. The molecule has 31 heavy (non-hydrogen) atoms. The van der Waals surface area contributed by atoms with Crippen molar-refractivity contribution in [3.63, 3.8) is 0 Å². The van der Waals surface area contributed by atoms with Crippen LogP contribution in [0.3, 0.4) is 0 Å². The fourth-order valence-corrected chi connectivity index (χ4v) is 2.80. The molecular weight excluding hydrogens is 393 g/mol. The summed E-state index contributed by atoms with van der Waals surface area (Å²) in [5.74, 6) is -0.437. The van der Waals surface area contributed by atoms with Crippen LogP contribution >= 0.6 is 0 Å². The Balaban J connectivity index is 2.39. The van der Waals surface area contributed by atoms with Gasteiger partial charge < -0.3 is 16.4 Å². The van der Waals surface area contributed by atoms with Crippen molar-refractivity contribution in [1.82, 2.24) is 10.6 Å². The number of hydrogen-bond acceptors (Lipinski definition) is 3. The van der Waals surface area contributed by atoms with Crippen LogP contribution in [0.1, 0.15) is 27.7 Å². The van der Waals surface area contributed by atoms with Crippen molar-refractivity contribution in [2.45, 2.75) is 27.7 Å². The first-order chi connectivity index (χ1) is 14.6. The van der Waals surface area contributed by atoms with Gasteiger partial charge in [-0.1, -0.05) is 31.4 Å². The van der Waals surface area contributed by atoms with E-state index < -0.39 is 0 Å². The van der Waals surface area contributed by atoms with Gasteiger partial charge in [-0.05, 0) is 61.4 Å². The van der Waals surface area contributed by atoms with Crippen molar-refractivity contribution in [2.75, 3.05) is 6.54 Å². The smallest absolute Gasteiger partial charge is 0.293 e. The van der Waals surface area contributed by atoms with Crippen LogP contribution in [0, 0.1) is 0 Å². The van der Waals surface area contributed by atoms with Gasteiger partial charge in [0.2, 0.25) is 0 Å². The van der Waals surface area contributed by atoms with E-state index in [1.54, 1.807) is 25.3 Å². The monoisotopic (exact) mass is 421 g/mol. The molecule has 162 valence electrons. The molecule has 4 N–H and O–H groups in total. The van der Waals surface area contributed by atoms with Gasteiger partial charge in [0.1, 0.15) is 5.70 Å². The van der Waals surface area contributed by atoms with Crippen LogP contribution in [0.5, 0.6) is 0 Å².